The zero-order chi connectivity index (χ0) is 11.8. The van der Waals surface area contributed by atoms with E-state index in [1.165, 1.54) is 0 Å². The summed E-state index contributed by atoms with van der Waals surface area (Å²) in [4.78, 5) is 14.2. The van der Waals surface area contributed by atoms with Gasteiger partial charge in [-0.15, -0.1) is 0 Å². The lowest BCUT2D eigenvalue weighted by Crippen LogP contribution is -2.24. The maximum absolute atomic E-state index is 11.6. The molecule has 6 heteroatoms. The van der Waals surface area contributed by atoms with E-state index in [4.69, 9.17) is 5.53 Å². The Morgan fingerprint density at radius 1 is 1.56 bits per heavy atom. The van der Waals surface area contributed by atoms with Crippen molar-refractivity contribution in [1.29, 1.82) is 0 Å². The van der Waals surface area contributed by atoms with E-state index in [1.54, 1.807) is 6.07 Å². The number of hydrogen-bond donors (Lipinski definition) is 1. The second kappa shape index (κ2) is 7.08. The van der Waals surface area contributed by atoms with E-state index in [0.717, 1.165) is 3.57 Å². The van der Waals surface area contributed by atoms with Crippen LogP contribution in [0.3, 0.4) is 0 Å². The number of benzene rings is 1. The van der Waals surface area contributed by atoms with Gasteiger partial charge in [-0.2, -0.15) is 0 Å². The predicted molar refractivity (Wildman–Crippen MR) is 70.1 cm³/mol. The average Bonchev–Trinajstić information content (AvgIpc) is 2.28. The van der Waals surface area contributed by atoms with Gasteiger partial charge in [0.15, 0.2) is 0 Å². The summed E-state index contributed by atoms with van der Waals surface area (Å²) in [5, 5.41) is 6.14. The minimum absolute atomic E-state index is 0.0977. The topological polar surface area (TPSA) is 77.9 Å². The fourth-order valence-corrected chi connectivity index (χ4v) is 1.67. The normalized spacial score (nSPS) is 9.31. The standard InChI is InChI=1S/C10H11IN4O/c11-9-4-1-3-8(7-9)10(16)13-5-2-6-14-15-12/h1,3-4,7H,2,5-6H2,(H,13,16). The summed E-state index contributed by atoms with van der Waals surface area (Å²) >= 11 is 2.16. The first kappa shape index (κ1) is 12.8. The monoisotopic (exact) mass is 330 g/mol. The maximum Gasteiger partial charge on any atom is 0.251 e. The van der Waals surface area contributed by atoms with Gasteiger partial charge in [0.2, 0.25) is 0 Å². The van der Waals surface area contributed by atoms with Crippen LogP contribution in [0, 0.1) is 3.57 Å². The van der Waals surface area contributed by atoms with Crippen LogP contribution in [0.5, 0.6) is 0 Å². The predicted octanol–water partition coefficient (Wildman–Crippen LogP) is 2.72. The Bertz CT molecular complexity index is 415. The quantitative estimate of drug-likeness (QED) is 0.291. The van der Waals surface area contributed by atoms with Crippen LogP contribution in [-0.2, 0) is 0 Å². The van der Waals surface area contributed by atoms with Crippen molar-refractivity contribution in [2.45, 2.75) is 6.42 Å². The van der Waals surface area contributed by atoms with Gasteiger partial charge in [-0.3, -0.25) is 4.79 Å². The molecule has 0 radical (unpaired) electrons. The number of nitrogens with zero attached hydrogens (tertiary/aromatic N) is 3. The number of nitrogens with one attached hydrogen (secondary N) is 1. The van der Waals surface area contributed by atoms with E-state index in [0.29, 0.717) is 25.1 Å². The molecule has 0 heterocycles. The second-order valence-corrected chi connectivity index (χ2v) is 4.32. The molecule has 0 bridgehead atoms. The number of carbonyl (C=O) groups is 1. The average molecular weight is 330 g/mol. The Kier molecular flexibility index (Phi) is 5.66. The van der Waals surface area contributed by atoms with Gasteiger partial charge in [0.25, 0.3) is 5.91 Å². The molecule has 0 atom stereocenters. The van der Waals surface area contributed by atoms with Gasteiger partial charge >= 0.3 is 0 Å². The smallest absolute Gasteiger partial charge is 0.251 e. The molecule has 5 nitrogen and oxygen atoms in total. The molecule has 0 saturated carbocycles. The lowest BCUT2D eigenvalue weighted by Gasteiger charge is -2.04. The van der Waals surface area contributed by atoms with Gasteiger partial charge in [-0.1, -0.05) is 11.2 Å². The molecule has 1 rings (SSSR count). The molecular formula is C10H11IN4O. The Morgan fingerprint density at radius 2 is 2.38 bits per heavy atom. The van der Waals surface area contributed by atoms with Crippen LogP contribution >= 0.6 is 22.6 Å². The van der Waals surface area contributed by atoms with Crippen molar-refractivity contribution in [3.8, 4) is 0 Å². The highest BCUT2D eigenvalue weighted by Gasteiger charge is 2.03. The number of hydrogen-bond acceptors (Lipinski definition) is 2. The van der Waals surface area contributed by atoms with Crippen molar-refractivity contribution >= 4 is 28.5 Å². The van der Waals surface area contributed by atoms with E-state index in [2.05, 4.69) is 37.9 Å². The van der Waals surface area contributed by atoms with Crippen LogP contribution in [-0.4, -0.2) is 19.0 Å². The molecule has 1 aromatic rings. The first-order chi connectivity index (χ1) is 7.74. The van der Waals surface area contributed by atoms with Gasteiger partial charge in [0, 0.05) is 27.1 Å². The molecule has 0 spiro atoms. The van der Waals surface area contributed by atoms with Crippen molar-refractivity contribution in [3.63, 3.8) is 0 Å². The molecule has 0 unspecified atom stereocenters. The third-order valence-electron chi connectivity index (χ3n) is 1.87. The van der Waals surface area contributed by atoms with Crippen molar-refractivity contribution in [2.75, 3.05) is 13.1 Å². The van der Waals surface area contributed by atoms with Gasteiger partial charge in [0.05, 0.1) is 0 Å². The van der Waals surface area contributed by atoms with Gasteiger partial charge in [-0.25, -0.2) is 0 Å². The minimum atomic E-state index is -0.0977. The van der Waals surface area contributed by atoms with Crippen LogP contribution in [0.15, 0.2) is 29.4 Å². The fourth-order valence-electron chi connectivity index (χ4n) is 1.13. The van der Waals surface area contributed by atoms with Crippen LogP contribution in [0.1, 0.15) is 16.8 Å². The van der Waals surface area contributed by atoms with E-state index in [-0.39, 0.29) is 5.91 Å². The van der Waals surface area contributed by atoms with Gasteiger partial charge in [0.1, 0.15) is 0 Å². The molecule has 1 amide bonds. The Balaban J connectivity index is 2.38. The molecule has 1 aromatic carbocycles. The van der Waals surface area contributed by atoms with E-state index >= 15 is 0 Å². The molecular weight excluding hydrogens is 319 g/mol. The van der Waals surface area contributed by atoms with E-state index in [1.807, 2.05) is 18.2 Å². The highest BCUT2D eigenvalue weighted by Crippen LogP contribution is 2.07. The molecule has 0 fully saturated rings. The number of carbonyl (C=O) groups excluding carboxylic acids is 1. The lowest BCUT2D eigenvalue weighted by molar-refractivity contribution is 0.0953. The zero-order valence-corrected chi connectivity index (χ0v) is 10.7. The molecule has 1 N–H and O–H groups in total. The lowest BCUT2D eigenvalue weighted by atomic mass is 10.2. The molecule has 0 aliphatic heterocycles. The molecule has 0 aliphatic carbocycles. The summed E-state index contributed by atoms with van der Waals surface area (Å²) < 4.78 is 1.03. The van der Waals surface area contributed by atoms with E-state index in [9.17, 15) is 4.79 Å². The second-order valence-electron chi connectivity index (χ2n) is 3.07. The number of amides is 1. The fraction of sp³-hybridized carbons (Fsp3) is 0.300. The Hall–Kier alpha value is -1.27. The van der Waals surface area contributed by atoms with Crippen LogP contribution in [0.2, 0.25) is 0 Å². The van der Waals surface area contributed by atoms with Crippen LogP contribution in [0.25, 0.3) is 10.4 Å². The number of rotatable bonds is 5. The van der Waals surface area contributed by atoms with Crippen molar-refractivity contribution in [1.82, 2.24) is 5.32 Å². The molecule has 0 saturated heterocycles. The largest absolute Gasteiger partial charge is 0.352 e. The molecule has 16 heavy (non-hydrogen) atoms. The first-order valence-corrected chi connectivity index (χ1v) is 5.86. The van der Waals surface area contributed by atoms with Crippen molar-refractivity contribution in [3.05, 3.63) is 43.8 Å². The van der Waals surface area contributed by atoms with Crippen molar-refractivity contribution in [2.24, 2.45) is 5.11 Å². The number of halogens is 1. The molecule has 84 valence electrons. The summed E-state index contributed by atoms with van der Waals surface area (Å²) in [6.07, 6.45) is 0.653. The highest BCUT2D eigenvalue weighted by atomic mass is 127. The summed E-state index contributed by atoms with van der Waals surface area (Å²) in [6.45, 7) is 0.923. The Labute approximate surface area is 107 Å². The van der Waals surface area contributed by atoms with Crippen LogP contribution < -0.4 is 5.32 Å². The SMILES string of the molecule is [N-]=[N+]=NCCCNC(=O)c1cccc(I)c1. The summed E-state index contributed by atoms with van der Waals surface area (Å²) in [6, 6.07) is 7.36. The zero-order valence-electron chi connectivity index (χ0n) is 8.56. The number of azide groups is 1. The molecule has 0 aromatic heterocycles. The minimum Gasteiger partial charge on any atom is -0.352 e. The Morgan fingerprint density at radius 3 is 3.06 bits per heavy atom. The summed E-state index contributed by atoms with van der Waals surface area (Å²) in [7, 11) is 0. The van der Waals surface area contributed by atoms with E-state index < -0.39 is 0 Å². The first-order valence-electron chi connectivity index (χ1n) is 4.78. The molecule has 0 aliphatic rings. The van der Waals surface area contributed by atoms with Crippen LogP contribution in [0.4, 0.5) is 0 Å². The third-order valence-corrected chi connectivity index (χ3v) is 2.54. The third kappa shape index (κ3) is 4.50. The maximum atomic E-state index is 11.6. The summed E-state index contributed by atoms with van der Waals surface area (Å²) in [5.74, 6) is -0.0977. The van der Waals surface area contributed by atoms with Gasteiger partial charge in [-0.05, 0) is 52.7 Å². The van der Waals surface area contributed by atoms with Gasteiger partial charge < -0.3 is 5.32 Å². The summed E-state index contributed by atoms with van der Waals surface area (Å²) in [5.41, 5.74) is 8.70. The van der Waals surface area contributed by atoms with Crippen molar-refractivity contribution < 1.29 is 4.79 Å². The highest BCUT2D eigenvalue weighted by molar-refractivity contribution is 14.1.